The first kappa shape index (κ1) is 13.8. The van der Waals surface area contributed by atoms with E-state index in [1.165, 1.54) is 0 Å². The summed E-state index contributed by atoms with van der Waals surface area (Å²) in [6.07, 6.45) is -0.383. The maximum atomic E-state index is 9.30. The topological polar surface area (TPSA) is 75.5 Å². The van der Waals surface area contributed by atoms with Gasteiger partial charge in [-0.3, -0.25) is 4.90 Å². The Kier molecular flexibility index (Phi) is 4.01. The fraction of sp³-hybridized carbons (Fsp3) is 0.538. The number of aliphatic hydroxyl groups excluding tert-OH is 1. The Morgan fingerprint density at radius 1 is 1.32 bits per heavy atom. The van der Waals surface area contributed by atoms with Gasteiger partial charge in [-0.25, -0.2) is 0 Å². The van der Waals surface area contributed by atoms with Crippen molar-refractivity contribution in [2.24, 2.45) is 0 Å². The average molecular weight is 265 g/mol. The molecule has 104 valence electrons. The summed E-state index contributed by atoms with van der Waals surface area (Å²) in [4.78, 5) is 1.93. The largest absolute Gasteiger partial charge is 0.466 e. The first-order valence-corrected chi connectivity index (χ1v) is 6.22. The number of furan rings is 1. The number of aromatic nitrogens is 2. The molecule has 0 aromatic carbocycles. The molecule has 2 aromatic rings. The molecule has 0 amide bonds. The zero-order valence-corrected chi connectivity index (χ0v) is 11.7. The third-order valence-electron chi connectivity index (χ3n) is 2.72. The van der Waals surface area contributed by atoms with Gasteiger partial charge < -0.3 is 13.9 Å². The smallest absolute Gasteiger partial charge is 0.251 e. The van der Waals surface area contributed by atoms with Gasteiger partial charge in [0.25, 0.3) is 5.89 Å². The van der Waals surface area contributed by atoms with Crippen LogP contribution in [0.1, 0.15) is 24.3 Å². The van der Waals surface area contributed by atoms with Crippen LogP contribution in [0.5, 0.6) is 0 Å². The van der Waals surface area contributed by atoms with Crippen molar-refractivity contribution in [3.05, 3.63) is 23.5 Å². The van der Waals surface area contributed by atoms with E-state index < -0.39 is 0 Å². The van der Waals surface area contributed by atoms with E-state index in [1.807, 2.05) is 31.9 Å². The molecule has 6 heteroatoms. The number of likely N-dealkylation sites (N-methyl/N-ethyl adjacent to an activating group) is 1. The van der Waals surface area contributed by atoms with E-state index in [-0.39, 0.29) is 6.10 Å². The molecular formula is C13H19N3O3. The summed E-state index contributed by atoms with van der Waals surface area (Å²) in [5.41, 5.74) is 0.828. The molecule has 0 aliphatic rings. The van der Waals surface area contributed by atoms with E-state index in [9.17, 15) is 5.11 Å². The van der Waals surface area contributed by atoms with Crippen molar-refractivity contribution in [2.45, 2.75) is 33.4 Å². The van der Waals surface area contributed by atoms with Crippen LogP contribution in [-0.2, 0) is 6.54 Å². The second-order valence-corrected chi connectivity index (χ2v) is 4.87. The third kappa shape index (κ3) is 3.42. The zero-order valence-electron chi connectivity index (χ0n) is 11.7. The first-order valence-electron chi connectivity index (χ1n) is 6.22. The predicted molar refractivity (Wildman–Crippen MR) is 69.5 cm³/mol. The quantitative estimate of drug-likeness (QED) is 0.887. The molecule has 0 spiro atoms. The Labute approximate surface area is 112 Å². The molecule has 2 heterocycles. The average Bonchev–Trinajstić information content (AvgIpc) is 2.84. The van der Waals surface area contributed by atoms with Crippen LogP contribution >= 0.6 is 0 Å². The molecule has 0 bridgehead atoms. The van der Waals surface area contributed by atoms with Crippen LogP contribution in [-0.4, -0.2) is 39.9 Å². The maximum Gasteiger partial charge on any atom is 0.251 e. The van der Waals surface area contributed by atoms with Gasteiger partial charge in [0.15, 0.2) is 0 Å². The van der Waals surface area contributed by atoms with Gasteiger partial charge in [-0.05, 0) is 33.9 Å². The fourth-order valence-electron chi connectivity index (χ4n) is 2.02. The van der Waals surface area contributed by atoms with Crippen LogP contribution in [0, 0.1) is 13.8 Å². The normalized spacial score (nSPS) is 13.2. The Morgan fingerprint density at radius 2 is 2.05 bits per heavy atom. The zero-order chi connectivity index (χ0) is 14.0. The second kappa shape index (κ2) is 5.54. The molecule has 0 fully saturated rings. The Bertz CT molecular complexity index is 545. The molecular weight excluding hydrogens is 246 g/mol. The fourth-order valence-corrected chi connectivity index (χ4v) is 2.02. The van der Waals surface area contributed by atoms with Crippen LogP contribution in [0.25, 0.3) is 11.5 Å². The number of aliphatic hydroxyl groups is 1. The molecule has 0 aliphatic heterocycles. The summed E-state index contributed by atoms with van der Waals surface area (Å²) in [5.74, 6) is 2.58. The summed E-state index contributed by atoms with van der Waals surface area (Å²) in [6, 6.07) is 1.88. The summed E-state index contributed by atoms with van der Waals surface area (Å²) in [6.45, 7) is 6.55. The molecule has 19 heavy (non-hydrogen) atoms. The Morgan fingerprint density at radius 3 is 2.63 bits per heavy atom. The van der Waals surface area contributed by atoms with Gasteiger partial charge >= 0.3 is 0 Å². The van der Waals surface area contributed by atoms with Gasteiger partial charge in [0.05, 0.1) is 18.2 Å². The highest BCUT2D eigenvalue weighted by Crippen LogP contribution is 2.25. The summed E-state index contributed by atoms with van der Waals surface area (Å²) >= 11 is 0. The molecule has 0 saturated heterocycles. The molecule has 2 aromatic heterocycles. The van der Waals surface area contributed by atoms with Crippen molar-refractivity contribution in [1.82, 2.24) is 15.1 Å². The van der Waals surface area contributed by atoms with Gasteiger partial charge in [0, 0.05) is 6.54 Å². The number of rotatable bonds is 5. The molecule has 0 saturated carbocycles. The summed E-state index contributed by atoms with van der Waals surface area (Å²) in [5, 5.41) is 17.3. The SMILES string of the molecule is Cc1cc(-c2nnc(CN(C)CC(C)O)o2)c(C)o1. The van der Waals surface area contributed by atoms with Crippen molar-refractivity contribution >= 4 is 0 Å². The van der Waals surface area contributed by atoms with E-state index in [1.54, 1.807) is 6.92 Å². The van der Waals surface area contributed by atoms with Crippen LogP contribution in [0.15, 0.2) is 14.9 Å². The predicted octanol–water partition coefficient (Wildman–Crippen LogP) is 1.76. The van der Waals surface area contributed by atoms with Crippen molar-refractivity contribution in [3.8, 4) is 11.5 Å². The molecule has 1 atom stereocenters. The monoisotopic (exact) mass is 265 g/mol. The van der Waals surface area contributed by atoms with Gasteiger partial charge in [0.1, 0.15) is 11.5 Å². The summed E-state index contributed by atoms with van der Waals surface area (Å²) in [7, 11) is 1.89. The van der Waals surface area contributed by atoms with E-state index in [4.69, 9.17) is 8.83 Å². The number of nitrogens with zero attached hydrogens (tertiary/aromatic N) is 3. The lowest BCUT2D eigenvalue weighted by molar-refractivity contribution is 0.133. The van der Waals surface area contributed by atoms with Gasteiger partial charge in [0.2, 0.25) is 5.89 Å². The van der Waals surface area contributed by atoms with Gasteiger partial charge in [-0.15, -0.1) is 10.2 Å². The molecule has 2 rings (SSSR count). The van der Waals surface area contributed by atoms with Crippen LogP contribution in [0.4, 0.5) is 0 Å². The van der Waals surface area contributed by atoms with Crippen molar-refractivity contribution in [3.63, 3.8) is 0 Å². The number of hydrogen-bond donors (Lipinski definition) is 1. The lowest BCUT2D eigenvalue weighted by Gasteiger charge is -2.15. The standard InChI is InChI=1S/C13H19N3O3/c1-8(17)6-16(4)7-12-14-15-13(19-12)11-5-9(2)18-10(11)3/h5,8,17H,6-7H2,1-4H3. The van der Waals surface area contributed by atoms with Crippen molar-refractivity contribution in [1.29, 1.82) is 0 Å². The van der Waals surface area contributed by atoms with Crippen molar-refractivity contribution in [2.75, 3.05) is 13.6 Å². The highest BCUT2D eigenvalue weighted by Gasteiger charge is 2.15. The Balaban J connectivity index is 2.09. The molecule has 1 N–H and O–H groups in total. The van der Waals surface area contributed by atoms with E-state index >= 15 is 0 Å². The highest BCUT2D eigenvalue weighted by molar-refractivity contribution is 5.55. The molecule has 1 unspecified atom stereocenters. The Hall–Kier alpha value is -1.66. The minimum Gasteiger partial charge on any atom is -0.466 e. The lowest BCUT2D eigenvalue weighted by Crippen LogP contribution is -2.26. The van der Waals surface area contributed by atoms with Crippen LogP contribution in [0.3, 0.4) is 0 Å². The number of hydrogen-bond acceptors (Lipinski definition) is 6. The molecule has 6 nitrogen and oxygen atoms in total. The van der Waals surface area contributed by atoms with Crippen molar-refractivity contribution < 1.29 is 13.9 Å². The minimum atomic E-state index is -0.383. The first-order chi connectivity index (χ1) is 8.95. The molecule has 0 aliphatic carbocycles. The van der Waals surface area contributed by atoms with E-state index in [2.05, 4.69) is 10.2 Å². The van der Waals surface area contributed by atoms with Crippen LogP contribution < -0.4 is 0 Å². The van der Waals surface area contributed by atoms with E-state index in [0.717, 1.165) is 17.1 Å². The van der Waals surface area contributed by atoms with E-state index in [0.29, 0.717) is 24.9 Å². The van der Waals surface area contributed by atoms with Gasteiger partial charge in [-0.1, -0.05) is 0 Å². The summed E-state index contributed by atoms with van der Waals surface area (Å²) < 4.78 is 11.1. The maximum absolute atomic E-state index is 9.30. The van der Waals surface area contributed by atoms with Crippen LogP contribution in [0.2, 0.25) is 0 Å². The minimum absolute atomic E-state index is 0.383. The molecule has 0 radical (unpaired) electrons. The third-order valence-corrected chi connectivity index (χ3v) is 2.72. The van der Waals surface area contributed by atoms with Gasteiger partial charge in [-0.2, -0.15) is 0 Å². The highest BCUT2D eigenvalue weighted by atomic mass is 16.4. The lowest BCUT2D eigenvalue weighted by atomic mass is 10.2. The number of aryl methyl sites for hydroxylation is 2. The second-order valence-electron chi connectivity index (χ2n) is 4.87.